The molecule has 6 nitrogen and oxygen atoms in total. The first-order valence-electron chi connectivity index (χ1n) is 8.34. The smallest absolute Gasteiger partial charge is 0.240 e. The van der Waals surface area contributed by atoms with Gasteiger partial charge in [-0.05, 0) is 6.42 Å². The summed E-state index contributed by atoms with van der Waals surface area (Å²) in [5.41, 5.74) is 10.1. The summed E-state index contributed by atoms with van der Waals surface area (Å²) in [5.74, 6) is -1.65. The number of carbonyl (C=O) groups excluding carboxylic acids is 3. The number of carbonyl (C=O) groups is 3. The van der Waals surface area contributed by atoms with Gasteiger partial charge in [0.25, 0.3) is 0 Å². The van der Waals surface area contributed by atoms with Gasteiger partial charge < -0.3 is 16.8 Å². The van der Waals surface area contributed by atoms with E-state index in [9.17, 15) is 14.4 Å². The minimum Gasteiger partial charge on any atom is -0.370 e. The summed E-state index contributed by atoms with van der Waals surface area (Å²) in [6.45, 7) is 2.21. The van der Waals surface area contributed by atoms with E-state index in [4.69, 9.17) is 11.5 Å². The number of hydrogen-bond donors (Lipinski definition) is 3. The molecule has 5 N–H and O–H groups in total. The van der Waals surface area contributed by atoms with Crippen LogP contribution in [-0.2, 0) is 14.4 Å². The molecular weight excluding hydrogens is 282 g/mol. The zero-order chi connectivity index (χ0) is 16.8. The molecule has 0 unspecified atom stereocenters. The Morgan fingerprint density at radius 3 is 1.82 bits per heavy atom. The average Bonchev–Trinajstić information content (AvgIpc) is 2.44. The Balaban J connectivity index is 3.63. The van der Waals surface area contributed by atoms with E-state index >= 15 is 0 Å². The summed E-state index contributed by atoms with van der Waals surface area (Å²) in [4.78, 5) is 33.6. The summed E-state index contributed by atoms with van der Waals surface area (Å²) < 4.78 is 0. The third-order valence-corrected chi connectivity index (χ3v) is 3.59. The highest BCUT2D eigenvalue weighted by Crippen LogP contribution is 2.10. The van der Waals surface area contributed by atoms with Crippen LogP contribution in [0.1, 0.15) is 77.6 Å². The minimum absolute atomic E-state index is 0.251. The standard InChI is InChI=1S/C16H31N3O3/c1-2-3-4-5-6-7-8-9-10-11-15(21)19-13(16(18)22)12-14(17)20/h13H,2-12H2,1H3,(H2,17,20)(H2,18,22)(H,19,21)/t13-/m0/s1. The van der Waals surface area contributed by atoms with Gasteiger partial charge in [0.1, 0.15) is 6.04 Å². The van der Waals surface area contributed by atoms with Gasteiger partial charge in [0.2, 0.25) is 17.7 Å². The zero-order valence-corrected chi connectivity index (χ0v) is 13.7. The Morgan fingerprint density at radius 1 is 0.864 bits per heavy atom. The topological polar surface area (TPSA) is 115 Å². The molecule has 0 bridgehead atoms. The fourth-order valence-electron chi connectivity index (χ4n) is 2.29. The third kappa shape index (κ3) is 12.2. The molecular formula is C16H31N3O3. The van der Waals surface area contributed by atoms with Crippen molar-refractivity contribution in [3.8, 4) is 0 Å². The molecule has 0 aliphatic rings. The van der Waals surface area contributed by atoms with Crippen molar-refractivity contribution in [2.75, 3.05) is 0 Å². The van der Waals surface area contributed by atoms with Gasteiger partial charge >= 0.3 is 0 Å². The Labute approximate surface area is 133 Å². The molecule has 128 valence electrons. The van der Waals surface area contributed by atoms with E-state index in [0.717, 1.165) is 19.3 Å². The van der Waals surface area contributed by atoms with Gasteiger partial charge in [-0.3, -0.25) is 14.4 Å². The van der Waals surface area contributed by atoms with Crippen LogP contribution in [0.15, 0.2) is 0 Å². The molecule has 0 heterocycles. The summed E-state index contributed by atoms with van der Waals surface area (Å²) in [7, 11) is 0. The number of unbranched alkanes of at least 4 members (excludes halogenated alkanes) is 8. The van der Waals surface area contributed by atoms with E-state index < -0.39 is 17.9 Å². The maximum Gasteiger partial charge on any atom is 0.240 e. The number of primary amides is 2. The molecule has 3 amide bonds. The van der Waals surface area contributed by atoms with Crippen LogP contribution in [-0.4, -0.2) is 23.8 Å². The van der Waals surface area contributed by atoms with Crippen LogP contribution in [0.25, 0.3) is 0 Å². The van der Waals surface area contributed by atoms with Gasteiger partial charge in [0, 0.05) is 6.42 Å². The zero-order valence-electron chi connectivity index (χ0n) is 13.7. The van der Waals surface area contributed by atoms with Gasteiger partial charge in [0.15, 0.2) is 0 Å². The highest BCUT2D eigenvalue weighted by molar-refractivity contribution is 5.90. The molecule has 0 aromatic heterocycles. The lowest BCUT2D eigenvalue weighted by molar-refractivity contribution is -0.129. The predicted molar refractivity (Wildman–Crippen MR) is 86.8 cm³/mol. The lowest BCUT2D eigenvalue weighted by Crippen LogP contribution is -2.46. The molecule has 0 aliphatic carbocycles. The van der Waals surface area contributed by atoms with Gasteiger partial charge in [-0.2, -0.15) is 0 Å². The summed E-state index contributed by atoms with van der Waals surface area (Å²) in [6.07, 6.45) is 10.6. The van der Waals surface area contributed by atoms with Crippen molar-refractivity contribution in [2.45, 2.75) is 83.6 Å². The Morgan fingerprint density at radius 2 is 1.36 bits per heavy atom. The molecule has 0 aromatic rings. The Bertz CT molecular complexity index is 346. The largest absolute Gasteiger partial charge is 0.370 e. The van der Waals surface area contributed by atoms with Crippen LogP contribution in [0, 0.1) is 0 Å². The fourth-order valence-corrected chi connectivity index (χ4v) is 2.29. The summed E-state index contributed by atoms with van der Waals surface area (Å²) in [6, 6.07) is -0.997. The van der Waals surface area contributed by atoms with Crippen LogP contribution < -0.4 is 16.8 Å². The normalized spacial score (nSPS) is 11.9. The average molecular weight is 313 g/mol. The molecule has 1 atom stereocenters. The predicted octanol–water partition coefficient (Wildman–Crippen LogP) is 1.75. The van der Waals surface area contributed by atoms with Crippen LogP contribution in [0.4, 0.5) is 0 Å². The van der Waals surface area contributed by atoms with Gasteiger partial charge in [-0.1, -0.05) is 58.3 Å². The van der Waals surface area contributed by atoms with Crippen molar-refractivity contribution in [2.24, 2.45) is 11.5 Å². The number of nitrogens with one attached hydrogen (secondary N) is 1. The van der Waals surface area contributed by atoms with Gasteiger partial charge in [-0.15, -0.1) is 0 Å². The molecule has 0 saturated carbocycles. The minimum atomic E-state index is -0.997. The lowest BCUT2D eigenvalue weighted by atomic mass is 10.1. The highest BCUT2D eigenvalue weighted by Gasteiger charge is 2.19. The van der Waals surface area contributed by atoms with Crippen LogP contribution in [0.5, 0.6) is 0 Å². The van der Waals surface area contributed by atoms with Crippen molar-refractivity contribution in [3.05, 3.63) is 0 Å². The van der Waals surface area contributed by atoms with Crippen molar-refractivity contribution in [1.82, 2.24) is 5.32 Å². The van der Waals surface area contributed by atoms with Crippen molar-refractivity contribution >= 4 is 17.7 Å². The van der Waals surface area contributed by atoms with Crippen molar-refractivity contribution in [1.29, 1.82) is 0 Å². The van der Waals surface area contributed by atoms with Crippen molar-refractivity contribution < 1.29 is 14.4 Å². The quantitative estimate of drug-likeness (QED) is 0.424. The molecule has 0 aromatic carbocycles. The van der Waals surface area contributed by atoms with E-state index in [2.05, 4.69) is 12.2 Å². The van der Waals surface area contributed by atoms with E-state index in [0.29, 0.717) is 6.42 Å². The lowest BCUT2D eigenvalue weighted by Gasteiger charge is -2.13. The Hall–Kier alpha value is -1.59. The number of amides is 3. The number of hydrogen-bond acceptors (Lipinski definition) is 3. The molecule has 0 aliphatic heterocycles. The summed E-state index contributed by atoms with van der Waals surface area (Å²) in [5, 5.41) is 2.46. The van der Waals surface area contributed by atoms with E-state index in [-0.39, 0.29) is 12.3 Å². The molecule has 22 heavy (non-hydrogen) atoms. The number of nitrogens with two attached hydrogens (primary N) is 2. The second-order valence-corrected chi connectivity index (χ2v) is 5.77. The van der Waals surface area contributed by atoms with Crippen LogP contribution >= 0.6 is 0 Å². The molecule has 0 radical (unpaired) electrons. The van der Waals surface area contributed by atoms with Crippen molar-refractivity contribution in [3.63, 3.8) is 0 Å². The maximum atomic E-state index is 11.7. The van der Waals surface area contributed by atoms with Crippen LogP contribution in [0.2, 0.25) is 0 Å². The summed E-state index contributed by atoms with van der Waals surface area (Å²) >= 11 is 0. The first kappa shape index (κ1) is 20.4. The van der Waals surface area contributed by atoms with Crippen LogP contribution in [0.3, 0.4) is 0 Å². The molecule has 6 heteroatoms. The second-order valence-electron chi connectivity index (χ2n) is 5.77. The highest BCUT2D eigenvalue weighted by atomic mass is 16.2. The maximum absolute atomic E-state index is 11.7. The molecule has 0 fully saturated rings. The van der Waals surface area contributed by atoms with E-state index in [1.807, 2.05) is 0 Å². The van der Waals surface area contributed by atoms with E-state index in [1.54, 1.807) is 0 Å². The molecule has 0 saturated heterocycles. The second kappa shape index (κ2) is 13.1. The third-order valence-electron chi connectivity index (χ3n) is 3.59. The van der Waals surface area contributed by atoms with E-state index in [1.165, 1.54) is 38.5 Å². The SMILES string of the molecule is CCCCCCCCCCCC(=O)N[C@@H](CC(N)=O)C(N)=O. The first-order valence-corrected chi connectivity index (χ1v) is 8.34. The number of rotatable bonds is 14. The van der Waals surface area contributed by atoms with Gasteiger partial charge in [0.05, 0.1) is 6.42 Å². The molecule has 0 spiro atoms. The first-order chi connectivity index (χ1) is 10.5. The fraction of sp³-hybridized carbons (Fsp3) is 0.812. The molecule has 0 rings (SSSR count). The monoisotopic (exact) mass is 313 g/mol. The Kier molecular flexibility index (Phi) is 12.2. The van der Waals surface area contributed by atoms with Gasteiger partial charge in [-0.25, -0.2) is 0 Å².